The van der Waals surface area contributed by atoms with Gasteiger partial charge in [0.25, 0.3) is 0 Å². The zero-order valence-electron chi connectivity index (χ0n) is 9.94. The SMILES string of the molecule is COc1cc(C)cc(Nc2ncc(Br)c(O)n2)c1. The van der Waals surface area contributed by atoms with Gasteiger partial charge in [0, 0.05) is 11.8 Å². The van der Waals surface area contributed by atoms with Crippen molar-refractivity contribution in [2.75, 3.05) is 12.4 Å². The lowest BCUT2D eigenvalue weighted by molar-refractivity contribution is 0.414. The van der Waals surface area contributed by atoms with Gasteiger partial charge in [0.1, 0.15) is 5.75 Å². The van der Waals surface area contributed by atoms with Crippen LogP contribution in [0.3, 0.4) is 0 Å². The van der Waals surface area contributed by atoms with Crippen molar-refractivity contribution in [3.8, 4) is 11.6 Å². The molecule has 0 radical (unpaired) electrons. The molecule has 94 valence electrons. The molecule has 0 bridgehead atoms. The summed E-state index contributed by atoms with van der Waals surface area (Å²) in [7, 11) is 1.61. The molecule has 5 nitrogen and oxygen atoms in total. The third-order valence-electron chi connectivity index (χ3n) is 2.27. The zero-order valence-corrected chi connectivity index (χ0v) is 11.5. The first-order valence-corrected chi connectivity index (χ1v) is 6.02. The van der Waals surface area contributed by atoms with Crippen LogP contribution in [0.5, 0.6) is 11.6 Å². The average molecular weight is 310 g/mol. The van der Waals surface area contributed by atoms with Crippen LogP contribution < -0.4 is 10.1 Å². The summed E-state index contributed by atoms with van der Waals surface area (Å²) in [5.74, 6) is 0.967. The molecular weight excluding hydrogens is 298 g/mol. The van der Waals surface area contributed by atoms with Gasteiger partial charge in [0.05, 0.1) is 17.8 Å². The quantitative estimate of drug-likeness (QED) is 0.912. The lowest BCUT2D eigenvalue weighted by Crippen LogP contribution is -1.97. The number of methoxy groups -OCH3 is 1. The highest BCUT2D eigenvalue weighted by atomic mass is 79.9. The molecule has 0 spiro atoms. The Morgan fingerprint density at radius 2 is 2.11 bits per heavy atom. The largest absolute Gasteiger partial charge is 0.497 e. The normalized spacial score (nSPS) is 10.2. The topological polar surface area (TPSA) is 67.3 Å². The third kappa shape index (κ3) is 2.89. The molecule has 2 rings (SSSR count). The molecule has 1 aromatic carbocycles. The van der Waals surface area contributed by atoms with Crippen molar-refractivity contribution < 1.29 is 9.84 Å². The van der Waals surface area contributed by atoms with Gasteiger partial charge in [-0.15, -0.1) is 0 Å². The van der Waals surface area contributed by atoms with Crippen molar-refractivity contribution in [3.63, 3.8) is 0 Å². The fourth-order valence-electron chi connectivity index (χ4n) is 1.49. The third-order valence-corrected chi connectivity index (χ3v) is 2.83. The van der Waals surface area contributed by atoms with Crippen LogP contribution in [0.1, 0.15) is 5.56 Å². The van der Waals surface area contributed by atoms with E-state index in [0.29, 0.717) is 10.4 Å². The van der Waals surface area contributed by atoms with Crippen molar-refractivity contribution in [2.45, 2.75) is 6.92 Å². The molecule has 2 N–H and O–H groups in total. The summed E-state index contributed by atoms with van der Waals surface area (Å²) in [6.07, 6.45) is 1.48. The van der Waals surface area contributed by atoms with Gasteiger partial charge in [-0.1, -0.05) is 0 Å². The second-order valence-electron chi connectivity index (χ2n) is 3.73. The standard InChI is InChI=1S/C12H12BrN3O2/c1-7-3-8(5-9(4-7)18-2)15-12-14-6-10(13)11(17)16-12/h3-6H,1-2H3,(H2,14,15,16,17). The van der Waals surface area contributed by atoms with E-state index >= 15 is 0 Å². The summed E-state index contributed by atoms with van der Waals surface area (Å²) in [4.78, 5) is 7.95. The molecule has 0 aliphatic heterocycles. The van der Waals surface area contributed by atoms with Gasteiger partial charge in [0.2, 0.25) is 11.8 Å². The maximum absolute atomic E-state index is 9.47. The molecule has 0 saturated carbocycles. The average Bonchev–Trinajstić information content (AvgIpc) is 2.33. The van der Waals surface area contributed by atoms with Crippen molar-refractivity contribution in [3.05, 3.63) is 34.4 Å². The first kappa shape index (κ1) is 12.6. The highest BCUT2D eigenvalue weighted by molar-refractivity contribution is 9.10. The van der Waals surface area contributed by atoms with E-state index in [9.17, 15) is 5.11 Å². The van der Waals surface area contributed by atoms with Crippen LogP contribution in [0.4, 0.5) is 11.6 Å². The minimum Gasteiger partial charge on any atom is -0.497 e. The van der Waals surface area contributed by atoms with E-state index < -0.39 is 0 Å². The van der Waals surface area contributed by atoms with E-state index in [-0.39, 0.29) is 5.88 Å². The van der Waals surface area contributed by atoms with E-state index in [4.69, 9.17) is 4.74 Å². The minimum absolute atomic E-state index is 0.105. The predicted octanol–water partition coefficient (Wildman–Crippen LogP) is 3.01. The number of benzene rings is 1. The van der Waals surface area contributed by atoms with Gasteiger partial charge in [-0.2, -0.15) is 4.98 Å². The number of hydrogen-bond donors (Lipinski definition) is 2. The molecule has 0 amide bonds. The van der Waals surface area contributed by atoms with Gasteiger partial charge < -0.3 is 15.2 Å². The Morgan fingerprint density at radius 3 is 2.78 bits per heavy atom. The summed E-state index contributed by atoms with van der Waals surface area (Å²) >= 11 is 3.13. The minimum atomic E-state index is -0.105. The molecule has 1 aromatic heterocycles. The molecule has 6 heteroatoms. The number of hydrogen-bond acceptors (Lipinski definition) is 5. The monoisotopic (exact) mass is 309 g/mol. The molecule has 0 aliphatic rings. The van der Waals surface area contributed by atoms with Crippen LogP contribution in [0.15, 0.2) is 28.9 Å². The fourth-order valence-corrected chi connectivity index (χ4v) is 1.68. The van der Waals surface area contributed by atoms with E-state index in [0.717, 1.165) is 17.0 Å². The van der Waals surface area contributed by atoms with E-state index in [1.165, 1.54) is 6.20 Å². The molecule has 0 saturated heterocycles. The van der Waals surface area contributed by atoms with Gasteiger partial charge in [-0.25, -0.2) is 4.98 Å². The Hall–Kier alpha value is -1.82. The van der Waals surface area contributed by atoms with Gasteiger partial charge >= 0.3 is 0 Å². The van der Waals surface area contributed by atoms with Crippen molar-refractivity contribution in [1.82, 2.24) is 9.97 Å². The summed E-state index contributed by atoms with van der Waals surface area (Å²) in [5, 5.41) is 12.5. The highest BCUT2D eigenvalue weighted by Crippen LogP contribution is 2.25. The highest BCUT2D eigenvalue weighted by Gasteiger charge is 2.05. The molecule has 1 heterocycles. The van der Waals surface area contributed by atoms with Crippen LogP contribution in [-0.2, 0) is 0 Å². The number of aryl methyl sites for hydroxylation is 1. The van der Waals surface area contributed by atoms with E-state index in [1.807, 2.05) is 25.1 Å². The lowest BCUT2D eigenvalue weighted by atomic mass is 10.2. The Labute approximate surface area is 113 Å². The molecule has 0 unspecified atom stereocenters. The molecule has 0 atom stereocenters. The second kappa shape index (κ2) is 5.22. The van der Waals surface area contributed by atoms with Gasteiger partial charge in [0.15, 0.2) is 0 Å². The van der Waals surface area contributed by atoms with Gasteiger partial charge in [-0.3, -0.25) is 0 Å². The van der Waals surface area contributed by atoms with Crippen molar-refractivity contribution >= 4 is 27.6 Å². The zero-order chi connectivity index (χ0) is 13.1. The van der Waals surface area contributed by atoms with E-state index in [1.54, 1.807) is 7.11 Å². The van der Waals surface area contributed by atoms with Crippen LogP contribution in [-0.4, -0.2) is 22.2 Å². The van der Waals surface area contributed by atoms with E-state index in [2.05, 4.69) is 31.2 Å². The lowest BCUT2D eigenvalue weighted by Gasteiger charge is -2.08. The molecule has 18 heavy (non-hydrogen) atoms. The molecule has 0 fully saturated rings. The molecule has 0 aliphatic carbocycles. The van der Waals surface area contributed by atoms with Crippen LogP contribution in [0.25, 0.3) is 0 Å². The summed E-state index contributed by atoms with van der Waals surface area (Å²) in [6, 6.07) is 5.69. The predicted molar refractivity (Wildman–Crippen MR) is 72.4 cm³/mol. The molecule has 2 aromatic rings. The summed E-state index contributed by atoms with van der Waals surface area (Å²) in [6.45, 7) is 1.97. The number of aromatic hydroxyl groups is 1. The number of anilines is 2. The maximum Gasteiger partial charge on any atom is 0.230 e. The number of ether oxygens (including phenoxy) is 1. The van der Waals surface area contributed by atoms with Gasteiger partial charge in [-0.05, 0) is 40.5 Å². The smallest absolute Gasteiger partial charge is 0.230 e. The Balaban J connectivity index is 2.27. The van der Waals surface area contributed by atoms with Crippen LogP contribution in [0.2, 0.25) is 0 Å². The van der Waals surface area contributed by atoms with Crippen LogP contribution >= 0.6 is 15.9 Å². The van der Waals surface area contributed by atoms with Crippen molar-refractivity contribution in [2.24, 2.45) is 0 Å². The Kier molecular flexibility index (Phi) is 3.66. The van der Waals surface area contributed by atoms with Crippen LogP contribution in [0, 0.1) is 6.92 Å². The first-order chi connectivity index (χ1) is 8.58. The number of rotatable bonds is 3. The second-order valence-corrected chi connectivity index (χ2v) is 4.58. The summed E-state index contributed by atoms with van der Waals surface area (Å²) < 4.78 is 5.63. The number of nitrogens with zero attached hydrogens (tertiary/aromatic N) is 2. The molecular formula is C12H12BrN3O2. The maximum atomic E-state index is 9.47. The number of nitrogens with one attached hydrogen (secondary N) is 1. The first-order valence-electron chi connectivity index (χ1n) is 5.22. The Bertz CT molecular complexity index is 575. The number of halogens is 1. The summed E-state index contributed by atoms with van der Waals surface area (Å²) in [5.41, 5.74) is 1.85. The number of aromatic nitrogens is 2. The Morgan fingerprint density at radius 1 is 1.33 bits per heavy atom. The fraction of sp³-hybridized carbons (Fsp3) is 0.167. The van der Waals surface area contributed by atoms with Crippen molar-refractivity contribution in [1.29, 1.82) is 0 Å².